The number of para-hydroxylation sites is 1. The van der Waals surface area contributed by atoms with E-state index >= 15 is 0 Å². The molecular weight excluding hydrogens is 257 g/mol. The van der Waals surface area contributed by atoms with Crippen LogP contribution in [-0.4, -0.2) is 18.1 Å². The van der Waals surface area contributed by atoms with E-state index in [-0.39, 0.29) is 11.2 Å². The zero-order valence-electron chi connectivity index (χ0n) is 11.8. The second-order valence-electron chi connectivity index (χ2n) is 5.73. The molecule has 0 spiro atoms. The molecule has 1 aliphatic rings. The second-order valence-corrected chi connectivity index (χ2v) is 5.73. The predicted molar refractivity (Wildman–Crippen MR) is 78.0 cm³/mol. The van der Waals surface area contributed by atoms with E-state index in [1.807, 2.05) is 0 Å². The van der Waals surface area contributed by atoms with Crippen molar-refractivity contribution in [2.24, 2.45) is 11.7 Å². The molecule has 1 aromatic carbocycles. The molecular formula is C15H22FN3O. The third kappa shape index (κ3) is 3.48. The van der Waals surface area contributed by atoms with Gasteiger partial charge in [0.05, 0.1) is 11.2 Å². The lowest BCUT2D eigenvalue weighted by Gasteiger charge is -2.39. The van der Waals surface area contributed by atoms with Crippen LogP contribution in [0.25, 0.3) is 0 Å². The zero-order chi connectivity index (χ0) is 14.6. The van der Waals surface area contributed by atoms with Crippen LogP contribution in [-0.2, 0) is 0 Å². The fraction of sp³-hybridized carbons (Fsp3) is 0.533. The van der Waals surface area contributed by atoms with Crippen LogP contribution in [0.3, 0.4) is 0 Å². The molecule has 0 radical (unpaired) electrons. The topological polar surface area (TPSA) is 67.1 Å². The van der Waals surface area contributed by atoms with Crippen molar-refractivity contribution in [1.82, 2.24) is 5.32 Å². The van der Waals surface area contributed by atoms with Crippen LogP contribution in [0.2, 0.25) is 0 Å². The second kappa shape index (κ2) is 6.22. The van der Waals surface area contributed by atoms with Crippen molar-refractivity contribution in [1.29, 1.82) is 0 Å². The van der Waals surface area contributed by atoms with Gasteiger partial charge in [-0.05, 0) is 43.7 Å². The lowest BCUT2D eigenvalue weighted by Crippen LogP contribution is -2.56. The highest BCUT2D eigenvalue weighted by molar-refractivity contribution is 5.89. The standard InChI is InChI=1S/C15H22FN3O/c1-11-6-8-15(10-17,9-7-11)19-14(20)18-13-5-3-2-4-12(13)16/h2-5,11H,6-10,17H2,1H3,(H2,18,19,20). The molecule has 1 saturated carbocycles. The Balaban J connectivity index is 1.98. The average Bonchev–Trinajstić information content (AvgIpc) is 2.44. The van der Waals surface area contributed by atoms with E-state index in [4.69, 9.17) is 5.73 Å². The van der Waals surface area contributed by atoms with Gasteiger partial charge in [0.15, 0.2) is 0 Å². The fourth-order valence-electron chi connectivity index (χ4n) is 2.65. The molecule has 1 fully saturated rings. The number of carbonyl (C=O) groups excluding carboxylic acids is 1. The lowest BCUT2D eigenvalue weighted by molar-refractivity contribution is 0.196. The fourth-order valence-corrected chi connectivity index (χ4v) is 2.65. The average molecular weight is 279 g/mol. The summed E-state index contributed by atoms with van der Waals surface area (Å²) in [4.78, 5) is 12.0. The molecule has 2 amide bonds. The first-order chi connectivity index (χ1) is 9.54. The number of anilines is 1. The summed E-state index contributed by atoms with van der Waals surface area (Å²) in [6.45, 7) is 2.62. The number of benzene rings is 1. The molecule has 5 heteroatoms. The maximum absolute atomic E-state index is 13.5. The summed E-state index contributed by atoms with van der Waals surface area (Å²) in [5.74, 6) is 0.229. The molecule has 0 aromatic heterocycles. The number of urea groups is 1. The predicted octanol–water partition coefficient (Wildman–Crippen LogP) is 2.85. The van der Waals surface area contributed by atoms with E-state index in [9.17, 15) is 9.18 Å². The number of nitrogens with two attached hydrogens (primary N) is 1. The van der Waals surface area contributed by atoms with Gasteiger partial charge in [-0.3, -0.25) is 0 Å². The highest BCUT2D eigenvalue weighted by Crippen LogP contribution is 2.31. The summed E-state index contributed by atoms with van der Waals surface area (Å²) in [6, 6.07) is 5.72. The number of rotatable bonds is 3. The highest BCUT2D eigenvalue weighted by Gasteiger charge is 2.34. The van der Waals surface area contributed by atoms with Crippen LogP contribution in [0, 0.1) is 11.7 Å². The SMILES string of the molecule is CC1CCC(CN)(NC(=O)Nc2ccccc2F)CC1. The van der Waals surface area contributed by atoms with E-state index in [0.29, 0.717) is 12.5 Å². The van der Waals surface area contributed by atoms with Crippen LogP contribution in [0.15, 0.2) is 24.3 Å². The minimum atomic E-state index is -0.443. The van der Waals surface area contributed by atoms with Crippen molar-refractivity contribution in [2.45, 2.75) is 38.1 Å². The van der Waals surface area contributed by atoms with Gasteiger partial charge in [-0.25, -0.2) is 9.18 Å². The van der Waals surface area contributed by atoms with Crippen molar-refractivity contribution in [3.8, 4) is 0 Å². The largest absolute Gasteiger partial charge is 0.331 e. The molecule has 1 aliphatic carbocycles. The Kier molecular flexibility index (Phi) is 4.60. The number of nitrogens with one attached hydrogen (secondary N) is 2. The highest BCUT2D eigenvalue weighted by atomic mass is 19.1. The van der Waals surface area contributed by atoms with Crippen molar-refractivity contribution < 1.29 is 9.18 Å². The van der Waals surface area contributed by atoms with Gasteiger partial charge in [0.2, 0.25) is 0 Å². The molecule has 4 N–H and O–H groups in total. The minimum absolute atomic E-state index is 0.182. The van der Waals surface area contributed by atoms with E-state index in [0.717, 1.165) is 25.7 Å². The number of amides is 2. The Bertz CT molecular complexity index is 470. The van der Waals surface area contributed by atoms with Crippen LogP contribution < -0.4 is 16.4 Å². The molecule has 1 aromatic rings. The lowest BCUT2D eigenvalue weighted by atomic mass is 9.77. The number of hydrogen-bond donors (Lipinski definition) is 3. The number of hydrogen-bond acceptors (Lipinski definition) is 2. The van der Waals surface area contributed by atoms with Gasteiger partial charge in [-0.2, -0.15) is 0 Å². The van der Waals surface area contributed by atoms with Crippen molar-refractivity contribution in [3.05, 3.63) is 30.1 Å². The first kappa shape index (κ1) is 14.8. The molecule has 0 bridgehead atoms. The monoisotopic (exact) mass is 279 g/mol. The van der Waals surface area contributed by atoms with Gasteiger partial charge in [0.25, 0.3) is 0 Å². The quantitative estimate of drug-likeness (QED) is 0.796. The third-order valence-corrected chi connectivity index (χ3v) is 4.12. The molecule has 0 unspecified atom stereocenters. The Morgan fingerprint density at radius 2 is 2.05 bits per heavy atom. The van der Waals surface area contributed by atoms with E-state index in [1.165, 1.54) is 12.1 Å². The van der Waals surface area contributed by atoms with Gasteiger partial charge in [0.1, 0.15) is 5.82 Å². The first-order valence-corrected chi connectivity index (χ1v) is 7.08. The molecule has 0 heterocycles. The Morgan fingerprint density at radius 3 is 2.65 bits per heavy atom. The number of carbonyl (C=O) groups is 1. The number of halogens is 1. The van der Waals surface area contributed by atoms with Gasteiger partial charge in [-0.15, -0.1) is 0 Å². The molecule has 2 rings (SSSR count). The van der Waals surface area contributed by atoms with Crippen LogP contribution in [0.4, 0.5) is 14.9 Å². The third-order valence-electron chi connectivity index (χ3n) is 4.12. The van der Waals surface area contributed by atoms with Crippen molar-refractivity contribution in [2.75, 3.05) is 11.9 Å². The van der Waals surface area contributed by atoms with Crippen molar-refractivity contribution in [3.63, 3.8) is 0 Å². The molecule has 4 nitrogen and oxygen atoms in total. The molecule has 20 heavy (non-hydrogen) atoms. The minimum Gasteiger partial charge on any atom is -0.331 e. The van der Waals surface area contributed by atoms with Crippen LogP contribution in [0.5, 0.6) is 0 Å². The summed E-state index contributed by atoms with van der Waals surface area (Å²) in [6.07, 6.45) is 3.85. The smallest absolute Gasteiger partial charge is 0.319 e. The summed E-state index contributed by atoms with van der Waals surface area (Å²) < 4.78 is 13.5. The van der Waals surface area contributed by atoms with E-state index in [2.05, 4.69) is 17.6 Å². The maximum Gasteiger partial charge on any atom is 0.319 e. The van der Waals surface area contributed by atoms with Crippen LogP contribution in [0.1, 0.15) is 32.6 Å². The molecule has 0 atom stereocenters. The van der Waals surface area contributed by atoms with E-state index in [1.54, 1.807) is 12.1 Å². The normalized spacial score (nSPS) is 26.1. The van der Waals surface area contributed by atoms with Crippen LogP contribution >= 0.6 is 0 Å². The Morgan fingerprint density at radius 1 is 1.40 bits per heavy atom. The molecule has 110 valence electrons. The Labute approximate surface area is 118 Å². The van der Waals surface area contributed by atoms with Gasteiger partial charge < -0.3 is 16.4 Å². The summed E-state index contributed by atoms with van der Waals surface area (Å²) >= 11 is 0. The van der Waals surface area contributed by atoms with Crippen molar-refractivity contribution >= 4 is 11.7 Å². The van der Waals surface area contributed by atoms with Gasteiger partial charge in [-0.1, -0.05) is 19.1 Å². The van der Waals surface area contributed by atoms with Gasteiger partial charge >= 0.3 is 6.03 Å². The van der Waals surface area contributed by atoms with Gasteiger partial charge in [0, 0.05) is 6.54 Å². The maximum atomic E-state index is 13.5. The Hall–Kier alpha value is -1.62. The summed E-state index contributed by atoms with van der Waals surface area (Å²) in [5.41, 5.74) is 5.66. The summed E-state index contributed by atoms with van der Waals surface area (Å²) in [5, 5.41) is 5.48. The summed E-state index contributed by atoms with van der Waals surface area (Å²) in [7, 11) is 0. The zero-order valence-corrected chi connectivity index (χ0v) is 11.8. The van der Waals surface area contributed by atoms with E-state index < -0.39 is 11.8 Å². The molecule has 0 saturated heterocycles. The molecule has 0 aliphatic heterocycles. The first-order valence-electron chi connectivity index (χ1n) is 7.08.